The third kappa shape index (κ3) is 4.08. The molecule has 0 aromatic carbocycles. The quantitative estimate of drug-likeness (QED) is 0.523. The van der Waals surface area contributed by atoms with E-state index < -0.39 is 0 Å². The summed E-state index contributed by atoms with van der Waals surface area (Å²) in [5.74, 6) is -0.0490. The molecule has 0 aliphatic heterocycles. The summed E-state index contributed by atoms with van der Waals surface area (Å²) < 4.78 is 4.86. The summed E-state index contributed by atoms with van der Waals surface area (Å²) in [6.45, 7) is 1.58. The van der Waals surface area contributed by atoms with Crippen LogP contribution in [0.5, 0.6) is 0 Å². The first kappa shape index (κ1) is 13.4. The maximum absolute atomic E-state index is 11.6. The molecule has 0 atom stereocenters. The third-order valence-corrected chi connectivity index (χ3v) is 3.04. The van der Waals surface area contributed by atoms with Crippen LogP contribution >= 0.6 is 0 Å². The van der Waals surface area contributed by atoms with Crippen molar-refractivity contribution in [2.75, 3.05) is 33.4 Å². The zero-order chi connectivity index (χ0) is 11.9. The maximum Gasteiger partial charge on any atom is 0.234 e. The lowest BCUT2D eigenvalue weighted by Crippen LogP contribution is -2.51. The minimum atomic E-state index is -0.361. The molecule has 0 spiro atoms. The van der Waals surface area contributed by atoms with E-state index >= 15 is 0 Å². The minimum Gasteiger partial charge on any atom is -0.394 e. The molecule has 0 aromatic heterocycles. The summed E-state index contributed by atoms with van der Waals surface area (Å²) >= 11 is 0. The number of amides is 1. The third-order valence-electron chi connectivity index (χ3n) is 3.04. The second kappa shape index (κ2) is 6.83. The number of aliphatic hydroxyl groups excluding tert-OH is 1. The molecule has 5 nitrogen and oxygen atoms in total. The fraction of sp³-hybridized carbons (Fsp3) is 0.909. The van der Waals surface area contributed by atoms with Crippen molar-refractivity contribution in [2.24, 2.45) is 0 Å². The van der Waals surface area contributed by atoms with Crippen LogP contribution in [0.15, 0.2) is 0 Å². The van der Waals surface area contributed by atoms with Crippen LogP contribution in [0.25, 0.3) is 0 Å². The van der Waals surface area contributed by atoms with Gasteiger partial charge in [0.05, 0.1) is 25.3 Å². The van der Waals surface area contributed by atoms with Crippen molar-refractivity contribution in [3.05, 3.63) is 0 Å². The Morgan fingerprint density at radius 1 is 1.44 bits per heavy atom. The Morgan fingerprint density at radius 3 is 2.69 bits per heavy atom. The van der Waals surface area contributed by atoms with Crippen LogP contribution < -0.4 is 10.6 Å². The van der Waals surface area contributed by atoms with E-state index in [0.717, 1.165) is 25.7 Å². The van der Waals surface area contributed by atoms with Crippen LogP contribution in [0.2, 0.25) is 0 Å². The second-order valence-electron chi connectivity index (χ2n) is 4.36. The lowest BCUT2D eigenvalue weighted by atomic mass is 9.99. The van der Waals surface area contributed by atoms with Gasteiger partial charge in [-0.3, -0.25) is 4.79 Å². The molecule has 0 heterocycles. The molecular weight excluding hydrogens is 208 g/mol. The van der Waals surface area contributed by atoms with Crippen molar-refractivity contribution in [1.29, 1.82) is 0 Å². The predicted octanol–water partition coefficient (Wildman–Crippen LogP) is -0.356. The topological polar surface area (TPSA) is 70.6 Å². The van der Waals surface area contributed by atoms with Crippen LogP contribution in [-0.4, -0.2) is 50.0 Å². The number of nitrogens with one attached hydrogen (secondary N) is 2. The first-order valence-electron chi connectivity index (χ1n) is 5.84. The van der Waals surface area contributed by atoms with Crippen molar-refractivity contribution in [3.8, 4) is 0 Å². The van der Waals surface area contributed by atoms with Crippen LogP contribution in [-0.2, 0) is 9.53 Å². The molecule has 3 N–H and O–H groups in total. The van der Waals surface area contributed by atoms with E-state index in [4.69, 9.17) is 4.74 Å². The van der Waals surface area contributed by atoms with Crippen LogP contribution in [0.1, 0.15) is 25.7 Å². The van der Waals surface area contributed by atoms with Crippen LogP contribution in [0.4, 0.5) is 0 Å². The molecule has 0 aromatic rings. The highest BCUT2D eigenvalue weighted by Crippen LogP contribution is 2.28. The molecule has 0 radical (unpaired) electrons. The molecule has 94 valence electrons. The first-order valence-corrected chi connectivity index (χ1v) is 5.84. The molecule has 1 rings (SSSR count). The summed E-state index contributed by atoms with van der Waals surface area (Å²) in [6, 6.07) is 0. The Morgan fingerprint density at radius 2 is 2.12 bits per heavy atom. The summed E-state index contributed by atoms with van der Waals surface area (Å²) in [7, 11) is 1.63. The van der Waals surface area contributed by atoms with Crippen molar-refractivity contribution >= 4 is 5.91 Å². The van der Waals surface area contributed by atoms with E-state index in [1.54, 1.807) is 7.11 Å². The molecule has 0 saturated heterocycles. The van der Waals surface area contributed by atoms with Crippen molar-refractivity contribution in [3.63, 3.8) is 0 Å². The van der Waals surface area contributed by atoms with Gasteiger partial charge in [-0.2, -0.15) is 0 Å². The highest BCUT2D eigenvalue weighted by Gasteiger charge is 2.34. The zero-order valence-electron chi connectivity index (χ0n) is 9.92. The number of hydrogen-bond donors (Lipinski definition) is 3. The van der Waals surface area contributed by atoms with E-state index in [9.17, 15) is 9.90 Å². The molecule has 1 aliphatic carbocycles. The standard InChI is InChI=1S/C11H22N2O3/c1-16-7-6-12-8-10(15)13-11(9-14)4-2-3-5-11/h12,14H,2-9H2,1H3,(H,13,15). The fourth-order valence-corrected chi connectivity index (χ4v) is 2.09. The molecule has 1 amide bonds. The Kier molecular flexibility index (Phi) is 5.73. The summed E-state index contributed by atoms with van der Waals surface area (Å²) in [4.78, 5) is 11.6. The molecule has 1 fully saturated rings. The number of ether oxygens (including phenoxy) is 1. The number of methoxy groups -OCH3 is 1. The SMILES string of the molecule is COCCNCC(=O)NC1(CO)CCCC1. The van der Waals surface area contributed by atoms with E-state index in [-0.39, 0.29) is 24.6 Å². The molecule has 1 saturated carbocycles. The average Bonchev–Trinajstić information content (AvgIpc) is 2.74. The van der Waals surface area contributed by atoms with Gasteiger partial charge in [-0.05, 0) is 12.8 Å². The first-order chi connectivity index (χ1) is 7.72. The molecule has 5 heteroatoms. The summed E-state index contributed by atoms with van der Waals surface area (Å²) in [5.41, 5.74) is -0.361. The van der Waals surface area contributed by atoms with Gasteiger partial charge in [0.2, 0.25) is 5.91 Å². The van der Waals surface area contributed by atoms with Gasteiger partial charge in [0, 0.05) is 13.7 Å². The average molecular weight is 230 g/mol. The van der Waals surface area contributed by atoms with Gasteiger partial charge in [0.15, 0.2) is 0 Å². The number of carbonyl (C=O) groups excluding carboxylic acids is 1. The second-order valence-corrected chi connectivity index (χ2v) is 4.36. The zero-order valence-corrected chi connectivity index (χ0v) is 9.92. The van der Waals surface area contributed by atoms with Crippen LogP contribution in [0, 0.1) is 0 Å². The van der Waals surface area contributed by atoms with Gasteiger partial charge in [-0.25, -0.2) is 0 Å². The summed E-state index contributed by atoms with van der Waals surface area (Å²) in [6.07, 6.45) is 3.93. The lowest BCUT2D eigenvalue weighted by molar-refractivity contribution is -0.122. The Balaban J connectivity index is 2.21. The van der Waals surface area contributed by atoms with Gasteiger partial charge in [-0.1, -0.05) is 12.8 Å². The van der Waals surface area contributed by atoms with Crippen molar-refractivity contribution < 1.29 is 14.6 Å². The number of carbonyl (C=O) groups is 1. The highest BCUT2D eigenvalue weighted by molar-refractivity contribution is 5.78. The normalized spacial score (nSPS) is 18.6. The van der Waals surface area contributed by atoms with E-state index in [0.29, 0.717) is 13.2 Å². The molecule has 0 bridgehead atoms. The largest absolute Gasteiger partial charge is 0.394 e. The van der Waals surface area contributed by atoms with Crippen molar-refractivity contribution in [2.45, 2.75) is 31.2 Å². The predicted molar refractivity (Wildman–Crippen MR) is 61.2 cm³/mol. The monoisotopic (exact) mass is 230 g/mol. The van der Waals surface area contributed by atoms with E-state index in [2.05, 4.69) is 10.6 Å². The van der Waals surface area contributed by atoms with Gasteiger partial charge in [-0.15, -0.1) is 0 Å². The number of rotatable bonds is 7. The fourth-order valence-electron chi connectivity index (χ4n) is 2.09. The molecule has 1 aliphatic rings. The van der Waals surface area contributed by atoms with Gasteiger partial charge >= 0.3 is 0 Å². The van der Waals surface area contributed by atoms with E-state index in [1.807, 2.05) is 0 Å². The lowest BCUT2D eigenvalue weighted by Gasteiger charge is -2.28. The summed E-state index contributed by atoms with van der Waals surface area (Å²) in [5, 5.41) is 15.2. The van der Waals surface area contributed by atoms with E-state index in [1.165, 1.54) is 0 Å². The number of aliphatic hydroxyl groups is 1. The minimum absolute atomic E-state index is 0.0385. The van der Waals surface area contributed by atoms with Gasteiger partial charge < -0.3 is 20.5 Å². The van der Waals surface area contributed by atoms with Crippen LogP contribution in [0.3, 0.4) is 0 Å². The van der Waals surface area contributed by atoms with Gasteiger partial charge in [0.1, 0.15) is 0 Å². The Bertz CT molecular complexity index is 215. The molecular formula is C11H22N2O3. The molecule has 16 heavy (non-hydrogen) atoms. The van der Waals surface area contributed by atoms with Gasteiger partial charge in [0.25, 0.3) is 0 Å². The highest BCUT2D eigenvalue weighted by atomic mass is 16.5. The smallest absolute Gasteiger partial charge is 0.234 e. The van der Waals surface area contributed by atoms with Crippen molar-refractivity contribution in [1.82, 2.24) is 10.6 Å². The number of hydrogen-bond acceptors (Lipinski definition) is 4. The Labute approximate surface area is 96.6 Å². The molecule has 0 unspecified atom stereocenters. The Hall–Kier alpha value is -0.650. The maximum atomic E-state index is 11.6.